The van der Waals surface area contributed by atoms with Crippen LogP contribution >= 0.6 is 15.9 Å². The molecule has 2 aromatic rings. The van der Waals surface area contributed by atoms with Crippen LogP contribution in [0.25, 0.3) is 11.2 Å². The van der Waals surface area contributed by atoms with Crippen LogP contribution in [0.5, 0.6) is 0 Å². The number of fused-ring (bicyclic) bond motifs is 1. The fourth-order valence-corrected chi connectivity index (χ4v) is 1.20. The number of rotatable bonds is 0. The van der Waals surface area contributed by atoms with Crippen molar-refractivity contribution in [1.29, 1.82) is 0 Å². The van der Waals surface area contributed by atoms with Crippen molar-refractivity contribution in [3.05, 3.63) is 22.6 Å². The van der Waals surface area contributed by atoms with Gasteiger partial charge in [-0.3, -0.25) is 0 Å². The molecule has 0 aromatic carbocycles. The summed E-state index contributed by atoms with van der Waals surface area (Å²) >= 11 is 3.25. The molecule has 11 heavy (non-hydrogen) atoms. The zero-order chi connectivity index (χ0) is 7.84. The van der Waals surface area contributed by atoms with Crippen molar-refractivity contribution in [1.82, 2.24) is 9.97 Å². The Labute approximate surface area is 71.6 Å². The number of pyridine rings is 1. The third-order valence-electron chi connectivity index (χ3n) is 1.33. The van der Waals surface area contributed by atoms with Crippen LogP contribution < -0.4 is 0 Å². The van der Waals surface area contributed by atoms with Crippen LogP contribution in [0.4, 0.5) is 0 Å². The molecule has 0 aliphatic rings. The number of oxazole rings is 1. The topological polar surface area (TPSA) is 38.9 Å². The molecule has 0 radical (unpaired) electrons. The predicted octanol–water partition coefficient (Wildman–Crippen LogP) is 2.29. The summed E-state index contributed by atoms with van der Waals surface area (Å²) < 4.78 is 6.00. The van der Waals surface area contributed by atoms with Gasteiger partial charge in [0.05, 0.1) is 0 Å². The largest absolute Gasteiger partial charge is 0.439 e. The lowest BCUT2D eigenvalue weighted by molar-refractivity contribution is 0.561. The Morgan fingerprint density at radius 3 is 3.00 bits per heavy atom. The monoisotopic (exact) mass is 212 g/mol. The first kappa shape index (κ1) is 6.79. The molecule has 0 unspecified atom stereocenters. The van der Waals surface area contributed by atoms with E-state index in [0.29, 0.717) is 11.5 Å². The van der Waals surface area contributed by atoms with E-state index in [4.69, 9.17) is 4.42 Å². The Kier molecular flexibility index (Phi) is 1.42. The van der Waals surface area contributed by atoms with E-state index < -0.39 is 0 Å². The SMILES string of the molecule is Cc1nc2nc(Br)ccc2o1. The second-order valence-electron chi connectivity index (χ2n) is 2.19. The molecule has 0 bridgehead atoms. The van der Waals surface area contributed by atoms with Gasteiger partial charge in [0.2, 0.25) is 0 Å². The maximum absolute atomic E-state index is 5.23. The number of aromatic nitrogens is 2. The fraction of sp³-hybridized carbons (Fsp3) is 0.143. The summed E-state index contributed by atoms with van der Waals surface area (Å²) in [6, 6.07) is 3.67. The first-order valence-corrected chi connectivity index (χ1v) is 3.95. The highest BCUT2D eigenvalue weighted by molar-refractivity contribution is 9.10. The lowest BCUT2D eigenvalue weighted by Crippen LogP contribution is -1.76. The molecule has 56 valence electrons. The van der Waals surface area contributed by atoms with Crippen molar-refractivity contribution in [2.24, 2.45) is 0 Å². The third kappa shape index (κ3) is 1.14. The zero-order valence-electron chi connectivity index (χ0n) is 5.84. The van der Waals surface area contributed by atoms with Gasteiger partial charge in [-0.15, -0.1) is 0 Å². The van der Waals surface area contributed by atoms with Crippen LogP contribution in [0, 0.1) is 6.92 Å². The van der Waals surface area contributed by atoms with Gasteiger partial charge in [0.25, 0.3) is 0 Å². The Balaban J connectivity index is 2.82. The normalized spacial score (nSPS) is 10.7. The minimum Gasteiger partial charge on any atom is -0.439 e. The van der Waals surface area contributed by atoms with E-state index >= 15 is 0 Å². The highest BCUT2D eigenvalue weighted by atomic mass is 79.9. The number of hydrogen-bond acceptors (Lipinski definition) is 3. The first-order valence-electron chi connectivity index (χ1n) is 3.15. The molecule has 2 aromatic heterocycles. The molecule has 2 heterocycles. The molecule has 0 saturated heterocycles. The smallest absolute Gasteiger partial charge is 0.199 e. The van der Waals surface area contributed by atoms with Crippen molar-refractivity contribution in [3.8, 4) is 0 Å². The minimum atomic E-state index is 0.644. The molecular formula is C7H5BrN2O. The van der Waals surface area contributed by atoms with Crippen LogP contribution in [0.1, 0.15) is 5.89 Å². The lowest BCUT2D eigenvalue weighted by Gasteiger charge is -1.85. The molecule has 3 nitrogen and oxygen atoms in total. The number of hydrogen-bond donors (Lipinski definition) is 0. The van der Waals surface area contributed by atoms with Crippen molar-refractivity contribution in [2.45, 2.75) is 6.92 Å². The van der Waals surface area contributed by atoms with Gasteiger partial charge in [0.1, 0.15) is 4.60 Å². The standard InChI is InChI=1S/C7H5BrN2O/c1-4-9-7-5(11-4)2-3-6(8)10-7/h2-3H,1H3. The van der Waals surface area contributed by atoms with Gasteiger partial charge in [-0.2, -0.15) is 4.98 Å². The molecule has 0 aliphatic carbocycles. The molecule has 0 spiro atoms. The number of halogens is 1. The Morgan fingerprint density at radius 1 is 1.36 bits per heavy atom. The maximum Gasteiger partial charge on any atom is 0.199 e. The average molecular weight is 213 g/mol. The van der Waals surface area contributed by atoms with Gasteiger partial charge < -0.3 is 4.42 Å². The summed E-state index contributed by atoms with van der Waals surface area (Å²) in [5.74, 6) is 0.644. The molecule has 0 aliphatic heterocycles. The van der Waals surface area contributed by atoms with E-state index in [0.717, 1.165) is 10.2 Å². The molecule has 0 saturated carbocycles. The van der Waals surface area contributed by atoms with Crippen LogP contribution in [-0.2, 0) is 0 Å². The van der Waals surface area contributed by atoms with E-state index in [2.05, 4.69) is 25.9 Å². The van der Waals surface area contributed by atoms with Gasteiger partial charge in [-0.1, -0.05) is 0 Å². The van der Waals surface area contributed by atoms with E-state index in [9.17, 15) is 0 Å². The summed E-state index contributed by atoms with van der Waals surface area (Å²) in [5.41, 5.74) is 1.38. The molecule has 2 rings (SSSR count). The van der Waals surface area contributed by atoms with Crippen LogP contribution in [0.15, 0.2) is 21.2 Å². The Hall–Kier alpha value is -0.900. The molecule has 0 atom stereocenters. The highest BCUT2D eigenvalue weighted by Gasteiger charge is 2.01. The van der Waals surface area contributed by atoms with Gasteiger partial charge in [-0.05, 0) is 28.1 Å². The van der Waals surface area contributed by atoms with E-state index in [-0.39, 0.29) is 0 Å². The van der Waals surface area contributed by atoms with E-state index in [1.165, 1.54) is 0 Å². The van der Waals surface area contributed by atoms with Gasteiger partial charge >= 0.3 is 0 Å². The Morgan fingerprint density at radius 2 is 2.18 bits per heavy atom. The van der Waals surface area contributed by atoms with Crippen molar-refractivity contribution >= 4 is 27.2 Å². The van der Waals surface area contributed by atoms with Crippen molar-refractivity contribution < 1.29 is 4.42 Å². The summed E-state index contributed by atoms with van der Waals surface area (Å²) in [7, 11) is 0. The molecule has 0 amide bonds. The van der Waals surface area contributed by atoms with Gasteiger partial charge in [-0.25, -0.2) is 4.98 Å². The molecule has 0 N–H and O–H groups in total. The van der Waals surface area contributed by atoms with Crippen molar-refractivity contribution in [2.75, 3.05) is 0 Å². The summed E-state index contributed by atoms with van der Waals surface area (Å²) in [6.45, 7) is 1.80. The summed E-state index contributed by atoms with van der Waals surface area (Å²) in [5, 5.41) is 0. The molecule has 0 fully saturated rings. The minimum absolute atomic E-state index is 0.644. The highest BCUT2D eigenvalue weighted by Crippen LogP contribution is 2.15. The van der Waals surface area contributed by atoms with Crippen LogP contribution in [0.2, 0.25) is 0 Å². The zero-order valence-corrected chi connectivity index (χ0v) is 7.42. The quantitative estimate of drug-likeness (QED) is 0.630. The summed E-state index contributed by atoms with van der Waals surface area (Å²) in [4.78, 5) is 8.17. The first-order chi connectivity index (χ1) is 5.25. The lowest BCUT2D eigenvalue weighted by atomic mass is 10.5. The Bertz CT molecular complexity index is 396. The predicted molar refractivity (Wildman–Crippen MR) is 44.2 cm³/mol. The fourth-order valence-electron chi connectivity index (χ4n) is 0.903. The molecule has 4 heteroatoms. The van der Waals surface area contributed by atoms with Crippen molar-refractivity contribution in [3.63, 3.8) is 0 Å². The molecular weight excluding hydrogens is 208 g/mol. The van der Waals surface area contributed by atoms with E-state index in [1.807, 2.05) is 12.1 Å². The van der Waals surface area contributed by atoms with Crippen LogP contribution in [0.3, 0.4) is 0 Å². The average Bonchev–Trinajstić information content (AvgIpc) is 2.27. The van der Waals surface area contributed by atoms with E-state index in [1.54, 1.807) is 6.92 Å². The number of aryl methyl sites for hydroxylation is 1. The second-order valence-corrected chi connectivity index (χ2v) is 3.00. The summed E-state index contributed by atoms with van der Waals surface area (Å²) in [6.07, 6.45) is 0. The second kappa shape index (κ2) is 2.30. The number of nitrogens with zero attached hydrogens (tertiary/aromatic N) is 2. The maximum atomic E-state index is 5.23. The van der Waals surface area contributed by atoms with Crippen LogP contribution in [-0.4, -0.2) is 9.97 Å². The third-order valence-corrected chi connectivity index (χ3v) is 1.77. The van der Waals surface area contributed by atoms with Gasteiger partial charge in [0.15, 0.2) is 17.1 Å². The van der Waals surface area contributed by atoms with Gasteiger partial charge in [0, 0.05) is 6.92 Å².